The molecule has 1 amide bonds. The van der Waals surface area contributed by atoms with Gasteiger partial charge in [-0.1, -0.05) is 0 Å². The van der Waals surface area contributed by atoms with Gasteiger partial charge in [-0.05, 0) is 62.8 Å². The largest absolute Gasteiger partial charge is 0.321 e. The smallest absolute Gasteiger partial charge is 0.271 e. The van der Waals surface area contributed by atoms with Crippen LogP contribution in [0.1, 0.15) is 10.4 Å². The quantitative estimate of drug-likeness (QED) is 0.417. The number of hydrogen-bond donors (Lipinski definition) is 1. The number of amides is 1. The highest BCUT2D eigenvalue weighted by molar-refractivity contribution is 14.1. The van der Waals surface area contributed by atoms with Gasteiger partial charge in [0.15, 0.2) is 0 Å². The van der Waals surface area contributed by atoms with E-state index in [1.165, 1.54) is 36.4 Å². The summed E-state index contributed by atoms with van der Waals surface area (Å²) in [6, 6.07) is 7.82. The second kappa shape index (κ2) is 6.48. The number of anilines is 1. The van der Waals surface area contributed by atoms with Gasteiger partial charge in [0.2, 0.25) is 0 Å². The molecule has 0 heterocycles. The fourth-order valence-electron chi connectivity index (χ4n) is 1.59. The minimum absolute atomic E-state index is 0.137. The summed E-state index contributed by atoms with van der Waals surface area (Å²) in [6.07, 6.45) is 0. The van der Waals surface area contributed by atoms with Crippen molar-refractivity contribution in [1.82, 2.24) is 0 Å². The fourth-order valence-corrected chi connectivity index (χ4v) is 2.65. The van der Waals surface area contributed by atoms with Gasteiger partial charge in [-0.2, -0.15) is 0 Å². The van der Waals surface area contributed by atoms with Crippen LogP contribution in [0.25, 0.3) is 0 Å². The van der Waals surface area contributed by atoms with E-state index < -0.39 is 16.6 Å². The van der Waals surface area contributed by atoms with E-state index in [4.69, 9.17) is 0 Å². The topological polar surface area (TPSA) is 72.2 Å². The van der Waals surface area contributed by atoms with Crippen LogP contribution in [0.5, 0.6) is 0 Å². The van der Waals surface area contributed by atoms with Gasteiger partial charge in [0.05, 0.1) is 16.2 Å². The molecule has 8 heteroatoms. The summed E-state index contributed by atoms with van der Waals surface area (Å²) in [5.41, 5.74) is 0.423. The van der Waals surface area contributed by atoms with Crippen molar-refractivity contribution in [3.8, 4) is 0 Å². The van der Waals surface area contributed by atoms with Crippen molar-refractivity contribution in [2.45, 2.75) is 0 Å². The molecule has 0 aliphatic rings. The van der Waals surface area contributed by atoms with Gasteiger partial charge in [-0.3, -0.25) is 14.9 Å². The number of nitro groups is 1. The second-order valence-electron chi connectivity index (χ2n) is 4.00. The predicted molar refractivity (Wildman–Crippen MR) is 87.9 cm³/mol. The maximum Gasteiger partial charge on any atom is 0.271 e. The van der Waals surface area contributed by atoms with E-state index in [-0.39, 0.29) is 16.9 Å². The highest BCUT2D eigenvalue weighted by Gasteiger charge is 2.15. The lowest BCUT2D eigenvalue weighted by Gasteiger charge is -2.08. The van der Waals surface area contributed by atoms with Gasteiger partial charge >= 0.3 is 0 Å². The Labute approximate surface area is 141 Å². The van der Waals surface area contributed by atoms with E-state index in [9.17, 15) is 19.3 Å². The van der Waals surface area contributed by atoms with Gasteiger partial charge < -0.3 is 5.32 Å². The van der Waals surface area contributed by atoms with Gasteiger partial charge in [0.25, 0.3) is 11.6 Å². The Morgan fingerprint density at radius 3 is 2.62 bits per heavy atom. The van der Waals surface area contributed by atoms with Crippen LogP contribution in [-0.2, 0) is 0 Å². The molecule has 0 fully saturated rings. The first-order valence-electron chi connectivity index (χ1n) is 5.59. The number of nitrogens with zero attached hydrogens (tertiary/aromatic N) is 1. The van der Waals surface area contributed by atoms with Crippen LogP contribution in [0.3, 0.4) is 0 Å². The zero-order valence-electron chi connectivity index (χ0n) is 10.3. The Morgan fingerprint density at radius 1 is 1.29 bits per heavy atom. The maximum absolute atomic E-state index is 13.0. The fraction of sp³-hybridized carbons (Fsp3) is 0. The second-order valence-corrected chi connectivity index (χ2v) is 6.02. The molecule has 21 heavy (non-hydrogen) atoms. The molecule has 5 nitrogen and oxygen atoms in total. The molecule has 0 saturated heterocycles. The molecule has 1 N–H and O–H groups in total. The number of non-ortho nitro benzene ring substituents is 1. The minimum Gasteiger partial charge on any atom is -0.321 e. The van der Waals surface area contributed by atoms with E-state index in [1.54, 1.807) is 0 Å². The van der Waals surface area contributed by atoms with Crippen LogP contribution >= 0.6 is 38.5 Å². The summed E-state index contributed by atoms with van der Waals surface area (Å²) >= 11 is 5.06. The van der Waals surface area contributed by atoms with Gasteiger partial charge in [0, 0.05) is 20.2 Å². The summed E-state index contributed by atoms with van der Waals surface area (Å²) in [5, 5.41) is 13.3. The van der Waals surface area contributed by atoms with Gasteiger partial charge in [0.1, 0.15) is 5.82 Å². The van der Waals surface area contributed by atoms with Crippen LogP contribution in [0.15, 0.2) is 40.9 Å². The maximum atomic E-state index is 13.0. The molecule has 0 spiro atoms. The summed E-state index contributed by atoms with van der Waals surface area (Å²) in [6.45, 7) is 0. The Kier molecular flexibility index (Phi) is 4.88. The Morgan fingerprint density at radius 2 is 2.00 bits per heavy atom. The molecule has 0 saturated carbocycles. The van der Waals surface area contributed by atoms with Crippen molar-refractivity contribution >= 4 is 55.8 Å². The monoisotopic (exact) mass is 464 g/mol. The number of halogens is 3. The predicted octanol–water partition coefficient (Wildman–Crippen LogP) is 4.35. The van der Waals surface area contributed by atoms with Gasteiger partial charge in [-0.15, -0.1) is 0 Å². The molecular formula is C13H7BrFIN2O3. The summed E-state index contributed by atoms with van der Waals surface area (Å²) in [7, 11) is 0. The molecule has 0 aromatic heterocycles. The highest BCUT2D eigenvalue weighted by atomic mass is 127. The average Bonchev–Trinajstić information content (AvgIpc) is 2.40. The number of hydrogen-bond acceptors (Lipinski definition) is 3. The third-order valence-electron chi connectivity index (χ3n) is 2.58. The van der Waals surface area contributed by atoms with Crippen LogP contribution in [0, 0.1) is 19.5 Å². The van der Waals surface area contributed by atoms with Crippen molar-refractivity contribution in [2.75, 3.05) is 5.32 Å². The molecule has 0 unspecified atom stereocenters. The highest BCUT2D eigenvalue weighted by Crippen LogP contribution is 2.28. The molecule has 0 aliphatic heterocycles. The molecule has 0 bridgehead atoms. The Bertz CT molecular complexity index is 739. The van der Waals surface area contributed by atoms with E-state index in [0.29, 0.717) is 8.04 Å². The first-order valence-corrected chi connectivity index (χ1v) is 7.46. The molecular weight excluding hydrogens is 458 g/mol. The summed E-state index contributed by atoms with van der Waals surface area (Å²) in [4.78, 5) is 22.3. The van der Waals surface area contributed by atoms with Crippen LogP contribution in [-0.4, -0.2) is 10.8 Å². The number of nitrogens with one attached hydrogen (secondary N) is 1. The molecule has 0 radical (unpaired) electrons. The van der Waals surface area contributed by atoms with Gasteiger partial charge in [-0.25, -0.2) is 4.39 Å². The van der Waals surface area contributed by atoms with E-state index in [2.05, 4.69) is 21.2 Å². The van der Waals surface area contributed by atoms with Crippen LogP contribution in [0.2, 0.25) is 0 Å². The zero-order valence-corrected chi connectivity index (χ0v) is 14.0. The molecule has 0 atom stereocenters. The number of nitro benzene ring substituents is 1. The summed E-state index contributed by atoms with van der Waals surface area (Å²) < 4.78 is 14.0. The van der Waals surface area contributed by atoms with Crippen molar-refractivity contribution in [2.24, 2.45) is 0 Å². The van der Waals surface area contributed by atoms with E-state index >= 15 is 0 Å². The lowest BCUT2D eigenvalue weighted by molar-refractivity contribution is -0.384. The van der Waals surface area contributed by atoms with Crippen molar-refractivity contribution < 1.29 is 14.1 Å². The van der Waals surface area contributed by atoms with Crippen LogP contribution < -0.4 is 5.32 Å². The third kappa shape index (κ3) is 3.76. The van der Waals surface area contributed by atoms with Crippen LogP contribution in [0.4, 0.5) is 15.8 Å². The standard InChI is InChI=1S/C13H7BrFIN2O3/c14-10-4-2-8(18(20)21)6-12(10)17-13(19)9-3-1-7(15)5-11(9)16/h1-6H,(H,17,19). The number of rotatable bonds is 3. The molecule has 108 valence electrons. The lowest BCUT2D eigenvalue weighted by atomic mass is 10.2. The zero-order chi connectivity index (χ0) is 15.6. The number of benzene rings is 2. The number of carbonyl (C=O) groups is 1. The molecule has 2 aromatic carbocycles. The Balaban J connectivity index is 2.31. The first kappa shape index (κ1) is 15.8. The number of carbonyl (C=O) groups excluding carboxylic acids is 1. The third-order valence-corrected chi connectivity index (χ3v) is 4.17. The minimum atomic E-state index is -0.552. The van der Waals surface area contributed by atoms with Crippen molar-refractivity contribution in [3.63, 3.8) is 0 Å². The van der Waals surface area contributed by atoms with E-state index in [1.807, 2.05) is 22.6 Å². The normalized spacial score (nSPS) is 10.2. The average molecular weight is 465 g/mol. The van der Waals surface area contributed by atoms with E-state index in [0.717, 1.165) is 0 Å². The SMILES string of the molecule is O=C(Nc1cc([N+](=O)[O-])ccc1Br)c1ccc(F)cc1I. The van der Waals surface area contributed by atoms with Crippen molar-refractivity contribution in [3.05, 3.63) is 65.9 Å². The molecule has 2 aromatic rings. The summed E-state index contributed by atoms with van der Waals surface area (Å²) in [5.74, 6) is -0.909. The lowest BCUT2D eigenvalue weighted by Crippen LogP contribution is -2.14. The molecule has 0 aliphatic carbocycles. The first-order chi connectivity index (χ1) is 9.88. The molecule has 2 rings (SSSR count). The Hall–Kier alpha value is -1.55. The van der Waals surface area contributed by atoms with Crippen molar-refractivity contribution in [1.29, 1.82) is 0 Å².